The van der Waals surface area contributed by atoms with E-state index in [1.807, 2.05) is 0 Å². The molecule has 72 valence electrons. The standard InChI is InChI=1S/C11H23N/c1-8-9(2)10(3)12(7)11(4,5)6/h9H,3,8H2,1-2,4-7H3. The van der Waals surface area contributed by atoms with Crippen LogP contribution in [0.4, 0.5) is 0 Å². The van der Waals surface area contributed by atoms with Crippen molar-refractivity contribution in [2.45, 2.75) is 46.6 Å². The maximum absolute atomic E-state index is 4.12. The molecule has 0 fully saturated rings. The van der Waals surface area contributed by atoms with Crippen molar-refractivity contribution >= 4 is 0 Å². The molecule has 0 heterocycles. The molecular weight excluding hydrogens is 146 g/mol. The molecule has 0 aliphatic carbocycles. The molecule has 1 heteroatoms. The molecule has 12 heavy (non-hydrogen) atoms. The molecule has 0 N–H and O–H groups in total. The Morgan fingerprint density at radius 1 is 1.42 bits per heavy atom. The van der Waals surface area contributed by atoms with Crippen LogP contribution in [0.2, 0.25) is 0 Å². The minimum absolute atomic E-state index is 0.195. The van der Waals surface area contributed by atoms with Gasteiger partial charge in [-0.2, -0.15) is 0 Å². The smallest absolute Gasteiger partial charge is 0.0311 e. The second kappa shape index (κ2) is 3.97. The molecule has 1 unspecified atom stereocenters. The number of hydrogen-bond acceptors (Lipinski definition) is 1. The van der Waals surface area contributed by atoms with Crippen molar-refractivity contribution in [3.63, 3.8) is 0 Å². The molecular formula is C11H23N. The highest BCUT2D eigenvalue weighted by atomic mass is 15.2. The summed E-state index contributed by atoms with van der Waals surface area (Å²) in [4.78, 5) is 2.27. The minimum atomic E-state index is 0.195. The van der Waals surface area contributed by atoms with E-state index in [-0.39, 0.29) is 5.54 Å². The minimum Gasteiger partial charge on any atom is -0.373 e. The second-order valence-electron chi connectivity index (χ2n) is 4.53. The van der Waals surface area contributed by atoms with E-state index >= 15 is 0 Å². The van der Waals surface area contributed by atoms with E-state index in [9.17, 15) is 0 Å². The van der Waals surface area contributed by atoms with Gasteiger partial charge in [-0.1, -0.05) is 20.4 Å². The molecule has 0 amide bonds. The lowest BCUT2D eigenvalue weighted by molar-refractivity contribution is 0.206. The molecule has 0 saturated carbocycles. The van der Waals surface area contributed by atoms with Crippen LogP contribution in [0.3, 0.4) is 0 Å². The SMILES string of the molecule is C=C(C(C)CC)N(C)C(C)(C)C. The van der Waals surface area contributed by atoms with Gasteiger partial charge in [0, 0.05) is 18.3 Å². The zero-order valence-electron chi connectivity index (χ0n) is 9.44. The lowest BCUT2D eigenvalue weighted by Crippen LogP contribution is -2.38. The molecule has 1 nitrogen and oxygen atoms in total. The van der Waals surface area contributed by atoms with Crippen LogP contribution in [-0.4, -0.2) is 17.5 Å². The number of nitrogens with zero attached hydrogens (tertiary/aromatic N) is 1. The summed E-state index contributed by atoms with van der Waals surface area (Å²) in [5.41, 5.74) is 1.44. The molecule has 0 spiro atoms. The first-order valence-corrected chi connectivity index (χ1v) is 4.73. The van der Waals surface area contributed by atoms with Gasteiger partial charge in [-0.05, 0) is 33.1 Å². The first-order chi connectivity index (χ1) is 5.30. The summed E-state index contributed by atoms with van der Waals surface area (Å²) in [6.45, 7) is 15.2. The van der Waals surface area contributed by atoms with E-state index in [1.54, 1.807) is 0 Å². The fraction of sp³-hybridized carbons (Fsp3) is 0.818. The van der Waals surface area contributed by atoms with Gasteiger partial charge in [-0.3, -0.25) is 0 Å². The normalized spacial score (nSPS) is 14.2. The van der Waals surface area contributed by atoms with Gasteiger partial charge in [0.2, 0.25) is 0 Å². The Bertz CT molecular complexity index is 153. The maximum Gasteiger partial charge on any atom is 0.0311 e. The van der Waals surface area contributed by atoms with Crippen LogP contribution in [0.1, 0.15) is 41.0 Å². The van der Waals surface area contributed by atoms with Gasteiger partial charge in [0.05, 0.1) is 0 Å². The lowest BCUT2D eigenvalue weighted by atomic mass is 9.99. The van der Waals surface area contributed by atoms with Crippen LogP contribution in [0.25, 0.3) is 0 Å². The molecule has 0 radical (unpaired) electrons. The van der Waals surface area contributed by atoms with Crippen LogP contribution in [0, 0.1) is 5.92 Å². The van der Waals surface area contributed by atoms with E-state index in [1.165, 1.54) is 12.1 Å². The van der Waals surface area contributed by atoms with E-state index in [0.29, 0.717) is 5.92 Å². The zero-order valence-corrected chi connectivity index (χ0v) is 9.44. The first kappa shape index (κ1) is 11.5. The number of hydrogen-bond donors (Lipinski definition) is 0. The molecule has 0 aliphatic heterocycles. The predicted molar refractivity (Wildman–Crippen MR) is 56.1 cm³/mol. The van der Waals surface area contributed by atoms with Crippen molar-refractivity contribution in [2.24, 2.45) is 5.92 Å². The quantitative estimate of drug-likeness (QED) is 0.626. The van der Waals surface area contributed by atoms with Crippen molar-refractivity contribution in [2.75, 3.05) is 7.05 Å². The third-order valence-electron chi connectivity index (χ3n) is 2.62. The van der Waals surface area contributed by atoms with Crippen molar-refractivity contribution < 1.29 is 0 Å². The summed E-state index contributed by atoms with van der Waals surface area (Å²) in [5.74, 6) is 0.592. The summed E-state index contributed by atoms with van der Waals surface area (Å²) in [7, 11) is 2.12. The van der Waals surface area contributed by atoms with Crippen LogP contribution in [-0.2, 0) is 0 Å². The molecule has 0 bridgehead atoms. The number of allylic oxidation sites excluding steroid dienone is 1. The molecule has 0 aliphatic rings. The Balaban J connectivity index is 4.30. The van der Waals surface area contributed by atoms with Gasteiger partial charge >= 0.3 is 0 Å². The summed E-state index contributed by atoms with van der Waals surface area (Å²) in [6, 6.07) is 0. The van der Waals surface area contributed by atoms with Crippen LogP contribution in [0.5, 0.6) is 0 Å². The highest BCUT2D eigenvalue weighted by Crippen LogP contribution is 2.22. The summed E-state index contributed by atoms with van der Waals surface area (Å²) < 4.78 is 0. The van der Waals surface area contributed by atoms with Crippen LogP contribution < -0.4 is 0 Å². The van der Waals surface area contributed by atoms with Crippen LogP contribution in [0.15, 0.2) is 12.3 Å². The summed E-state index contributed by atoms with van der Waals surface area (Å²) in [6.07, 6.45) is 1.17. The van der Waals surface area contributed by atoms with Gasteiger partial charge in [0.1, 0.15) is 0 Å². The summed E-state index contributed by atoms with van der Waals surface area (Å²) in [5, 5.41) is 0. The van der Waals surface area contributed by atoms with Crippen molar-refractivity contribution in [1.82, 2.24) is 4.90 Å². The average Bonchev–Trinajstić information content (AvgIpc) is 1.98. The Labute approximate surface area is 77.5 Å². The fourth-order valence-corrected chi connectivity index (χ4v) is 0.997. The fourth-order valence-electron chi connectivity index (χ4n) is 0.997. The molecule has 0 aromatic rings. The lowest BCUT2D eigenvalue weighted by Gasteiger charge is -2.37. The molecule has 0 saturated heterocycles. The number of rotatable bonds is 3. The Kier molecular flexibility index (Phi) is 3.82. The predicted octanol–water partition coefficient (Wildman–Crippen LogP) is 3.28. The molecule has 0 aromatic heterocycles. The zero-order chi connectivity index (χ0) is 9.94. The molecule has 0 rings (SSSR count). The van der Waals surface area contributed by atoms with Crippen molar-refractivity contribution in [3.8, 4) is 0 Å². The third kappa shape index (κ3) is 2.88. The van der Waals surface area contributed by atoms with Gasteiger partial charge in [-0.25, -0.2) is 0 Å². The van der Waals surface area contributed by atoms with Gasteiger partial charge in [0.15, 0.2) is 0 Å². The van der Waals surface area contributed by atoms with E-state index in [4.69, 9.17) is 0 Å². The monoisotopic (exact) mass is 169 g/mol. The topological polar surface area (TPSA) is 3.24 Å². The van der Waals surface area contributed by atoms with Gasteiger partial charge < -0.3 is 4.90 Å². The third-order valence-corrected chi connectivity index (χ3v) is 2.62. The van der Waals surface area contributed by atoms with Gasteiger partial charge in [0.25, 0.3) is 0 Å². The molecule has 0 aromatic carbocycles. The van der Waals surface area contributed by atoms with Crippen molar-refractivity contribution in [3.05, 3.63) is 12.3 Å². The summed E-state index contributed by atoms with van der Waals surface area (Å²) >= 11 is 0. The Morgan fingerprint density at radius 3 is 2.08 bits per heavy atom. The van der Waals surface area contributed by atoms with E-state index in [2.05, 4.69) is 53.1 Å². The Hall–Kier alpha value is -0.460. The first-order valence-electron chi connectivity index (χ1n) is 4.73. The average molecular weight is 169 g/mol. The highest BCUT2D eigenvalue weighted by Gasteiger charge is 2.20. The largest absolute Gasteiger partial charge is 0.373 e. The maximum atomic E-state index is 4.12. The van der Waals surface area contributed by atoms with Gasteiger partial charge in [-0.15, -0.1) is 0 Å². The van der Waals surface area contributed by atoms with E-state index in [0.717, 1.165) is 0 Å². The van der Waals surface area contributed by atoms with Crippen molar-refractivity contribution in [1.29, 1.82) is 0 Å². The van der Waals surface area contributed by atoms with Crippen LogP contribution >= 0.6 is 0 Å². The highest BCUT2D eigenvalue weighted by molar-refractivity contribution is 5.01. The molecule has 1 atom stereocenters. The second-order valence-corrected chi connectivity index (χ2v) is 4.53. The van der Waals surface area contributed by atoms with E-state index < -0.39 is 0 Å². The Morgan fingerprint density at radius 2 is 1.83 bits per heavy atom.